The summed E-state index contributed by atoms with van der Waals surface area (Å²) in [5.74, 6) is -0.524. The van der Waals surface area contributed by atoms with Crippen LogP contribution in [0.25, 0.3) is 0 Å². The minimum absolute atomic E-state index is 0.137. The van der Waals surface area contributed by atoms with E-state index in [1.165, 1.54) is 34.6 Å². The van der Waals surface area contributed by atoms with E-state index in [1.54, 1.807) is 12.1 Å². The number of nitro benzene ring substituents is 1. The molecule has 9 nitrogen and oxygen atoms in total. The number of piperidine rings is 2. The molecule has 0 radical (unpaired) electrons. The summed E-state index contributed by atoms with van der Waals surface area (Å²) in [6.07, 6.45) is 5.86. The molecule has 2 saturated heterocycles. The normalized spacial score (nSPS) is 17.5. The Morgan fingerprint density at radius 3 is 2.24 bits per heavy atom. The maximum absolute atomic E-state index is 13.2. The van der Waals surface area contributed by atoms with Crippen LogP contribution < -0.4 is 10.2 Å². The number of hydrogen-bond donors (Lipinski definition) is 1. The Labute approximate surface area is 193 Å². The third-order valence-electron chi connectivity index (χ3n) is 6.18. The third kappa shape index (κ3) is 5.17. The molecule has 0 saturated carbocycles. The predicted molar refractivity (Wildman–Crippen MR) is 126 cm³/mol. The highest BCUT2D eigenvalue weighted by atomic mass is 32.2. The van der Waals surface area contributed by atoms with E-state index in [9.17, 15) is 23.3 Å². The average Bonchev–Trinajstić information content (AvgIpc) is 2.85. The summed E-state index contributed by atoms with van der Waals surface area (Å²) < 4.78 is 28.0. The van der Waals surface area contributed by atoms with Crippen LogP contribution in [-0.2, 0) is 10.0 Å². The molecular formula is C23H28N4O5S. The summed E-state index contributed by atoms with van der Waals surface area (Å²) in [7, 11) is -3.68. The zero-order valence-corrected chi connectivity index (χ0v) is 19.2. The standard InChI is InChI=1S/C23H28N4O5S/c28-23(18-8-7-9-19(16-18)27(29)30)24-21-17-20(33(31,32)26-14-5-2-6-15-26)10-11-22(21)25-12-3-1-4-13-25/h7-11,16-17H,1-6,12-15H2,(H,24,28). The number of nitro groups is 1. The molecule has 2 fully saturated rings. The highest BCUT2D eigenvalue weighted by molar-refractivity contribution is 7.89. The second kappa shape index (κ2) is 9.88. The van der Waals surface area contributed by atoms with Crippen LogP contribution in [0.4, 0.5) is 17.1 Å². The molecule has 0 atom stereocenters. The molecule has 1 N–H and O–H groups in total. The molecule has 1 amide bonds. The lowest BCUT2D eigenvalue weighted by Crippen LogP contribution is -2.35. The number of non-ortho nitro benzene ring substituents is 1. The molecule has 0 aromatic heterocycles. The van der Waals surface area contributed by atoms with Gasteiger partial charge >= 0.3 is 0 Å². The summed E-state index contributed by atoms with van der Waals surface area (Å²) in [6, 6.07) is 10.4. The second-order valence-corrected chi connectivity index (χ2v) is 10.4. The van der Waals surface area contributed by atoms with Crippen LogP contribution in [0.5, 0.6) is 0 Å². The lowest BCUT2D eigenvalue weighted by Gasteiger charge is -2.31. The summed E-state index contributed by atoms with van der Waals surface area (Å²) in [5.41, 5.74) is 1.11. The van der Waals surface area contributed by atoms with Crippen LogP contribution in [-0.4, -0.2) is 49.7 Å². The van der Waals surface area contributed by atoms with Crippen molar-refractivity contribution in [2.24, 2.45) is 0 Å². The minimum atomic E-state index is -3.68. The summed E-state index contributed by atoms with van der Waals surface area (Å²) in [5, 5.41) is 13.9. The highest BCUT2D eigenvalue weighted by Gasteiger charge is 2.28. The SMILES string of the molecule is O=C(Nc1cc(S(=O)(=O)N2CCCCC2)ccc1N1CCCCC1)c1cccc([N+](=O)[O-])c1. The van der Waals surface area contributed by atoms with Crippen molar-refractivity contribution < 1.29 is 18.1 Å². The van der Waals surface area contributed by atoms with Gasteiger partial charge in [-0.2, -0.15) is 4.31 Å². The van der Waals surface area contributed by atoms with Gasteiger partial charge in [0.2, 0.25) is 10.0 Å². The van der Waals surface area contributed by atoms with Gasteiger partial charge in [-0.3, -0.25) is 14.9 Å². The molecule has 2 aliphatic rings. The molecule has 0 bridgehead atoms. The first-order valence-electron chi connectivity index (χ1n) is 11.3. The van der Waals surface area contributed by atoms with Crippen molar-refractivity contribution >= 4 is 33.0 Å². The number of anilines is 2. The molecule has 2 aromatic rings. The predicted octanol–water partition coefficient (Wildman–Crippen LogP) is 4.01. The van der Waals surface area contributed by atoms with Gasteiger partial charge in [-0.05, 0) is 56.4 Å². The zero-order valence-electron chi connectivity index (χ0n) is 18.4. The maximum Gasteiger partial charge on any atom is 0.270 e. The molecule has 0 unspecified atom stereocenters. The van der Waals surface area contributed by atoms with Crippen molar-refractivity contribution in [3.8, 4) is 0 Å². The number of carbonyl (C=O) groups is 1. The molecule has 2 aromatic carbocycles. The average molecular weight is 473 g/mol. The van der Waals surface area contributed by atoms with Gasteiger partial charge in [-0.25, -0.2) is 8.42 Å². The van der Waals surface area contributed by atoms with Crippen LogP contribution in [0.2, 0.25) is 0 Å². The van der Waals surface area contributed by atoms with Gasteiger partial charge in [-0.1, -0.05) is 12.5 Å². The van der Waals surface area contributed by atoms with Gasteiger partial charge in [-0.15, -0.1) is 0 Å². The Kier molecular flexibility index (Phi) is 6.94. The monoisotopic (exact) mass is 472 g/mol. The fourth-order valence-electron chi connectivity index (χ4n) is 4.40. The number of hydrogen-bond acceptors (Lipinski definition) is 6. The minimum Gasteiger partial charge on any atom is -0.370 e. The van der Waals surface area contributed by atoms with Crippen molar-refractivity contribution in [3.05, 3.63) is 58.1 Å². The highest BCUT2D eigenvalue weighted by Crippen LogP contribution is 2.33. The number of carbonyl (C=O) groups excluding carboxylic acids is 1. The Balaban J connectivity index is 1.68. The van der Waals surface area contributed by atoms with Gasteiger partial charge < -0.3 is 10.2 Å². The zero-order chi connectivity index (χ0) is 23.4. The molecule has 0 aliphatic carbocycles. The van der Waals surface area contributed by atoms with Crippen molar-refractivity contribution in [1.82, 2.24) is 4.31 Å². The van der Waals surface area contributed by atoms with E-state index < -0.39 is 20.9 Å². The van der Waals surface area contributed by atoms with Gasteiger partial charge in [0.25, 0.3) is 11.6 Å². The summed E-state index contributed by atoms with van der Waals surface area (Å²) >= 11 is 0. The van der Waals surface area contributed by atoms with Crippen molar-refractivity contribution in [2.75, 3.05) is 36.4 Å². The molecule has 0 spiro atoms. The van der Waals surface area contributed by atoms with Crippen molar-refractivity contribution in [2.45, 2.75) is 43.4 Å². The molecule has 176 valence electrons. The van der Waals surface area contributed by atoms with E-state index in [4.69, 9.17) is 0 Å². The van der Waals surface area contributed by atoms with Gasteiger partial charge in [0, 0.05) is 43.9 Å². The van der Waals surface area contributed by atoms with Crippen LogP contribution in [0.1, 0.15) is 48.9 Å². The van der Waals surface area contributed by atoms with Crippen molar-refractivity contribution in [1.29, 1.82) is 0 Å². The van der Waals surface area contributed by atoms with Gasteiger partial charge in [0.05, 0.1) is 21.2 Å². The van der Waals surface area contributed by atoms with Gasteiger partial charge in [0.15, 0.2) is 0 Å². The third-order valence-corrected chi connectivity index (χ3v) is 8.08. The Bertz CT molecular complexity index is 1140. The second-order valence-electron chi connectivity index (χ2n) is 8.45. The fourth-order valence-corrected chi connectivity index (χ4v) is 5.94. The molecule has 33 heavy (non-hydrogen) atoms. The smallest absolute Gasteiger partial charge is 0.270 e. The number of rotatable bonds is 6. The van der Waals surface area contributed by atoms with E-state index in [-0.39, 0.29) is 16.1 Å². The number of nitrogens with one attached hydrogen (secondary N) is 1. The summed E-state index contributed by atoms with van der Waals surface area (Å²) in [6.45, 7) is 2.62. The van der Waals surface area contributed by atoms with Crippen LogP contribution in [0, 0.1) is 10.1 Å². The Morgan fingerprint density at radius 1 is 0.909 bits per heavy atom. The van der Waals surface area contributed by atoms with E-state index >= 15 is 0 Å². The molecule has 4 rings (SSSR count). The first kappa shape index (κ1) is 23.2. The van der Waals surface area contributed by atoms with E-state index in [1.807, 2.05) is 0 Å². The maximum atomic E-state index is 13.2. The topological polar surface area (TPSA) is 113 Å². The first-order chi connectivity index (χ1) is 15.9. The number of nitrogens with zero attached hydrogens (tertiary/aromatic N) is 3. The number of amides is 1. The van der Waals surface area contributed by atoms with Crippen LogP contribution >= 0.6 is 0 Å². The lowest BCUT2D eigenvalue weighted by atomic mass is 10.1. The van der Waals surface area contributed by atoms with Gasteiger partial charge in [0.1, 0.15) is 0 Å². The number of sulfonamides is 1. The molecule has 10 heteroatoms. The Hall–Kier alpha value is -2.98. The lowest BCUT2D eigenvalue weighted by molar-refractivity contribution is -0.384. The Morgan fingerprint density at radius 2 is 1.58 bits per heavy atom. The quantitative estimate of drug-likeness (QED) is 0.502. The largest absolute Gasteiger partial charge is 0.370 e. The van der Waals surface area contributed by atoms with E-state index in [0.29, 0.717) is 18.8 Å². The fraction of sp³-hybridized carbons (Fsp3) is 0.435. The van der Waals surface area contributed by atoms with Crippen LogP contribution in [0.15, 0.2) is 47.4 Å². The van der Waals surface area contributed by atoms with E-state index in [2.05, 4.69) is 10.2 Å². The van der Waals surface area contributed by atoms with Crippen molar-refractivity contribution in [3.63, 3.8) is 0 Å². The first-order valence-corrected chi connectivity index (χ1v) is 12.8. The molecular weight excluding hydrogens is 444 g/mol. The number of benzene rings is 2. The molecule has 2 heterocycles. The van der Waals surface area contributed by atoms with E-state index in [0.717, 1.165) is 57.3 Å². The molecule has 2 aliphatic heterocycles. The summed E-state index contributed by atoms with van der Waals surface area (Å²) in [4.78, 5) is 25.8. The van der Waals surface area contributed by atoms with Crippen LogP contribution in [0.3, 0.4) is 0 Å².